The summed E-state index contributed by atoms with van der Waals surface area (Å²) in [4.78, 5) is 0. The minimum absolute atomic E-state index is 0.186. The van der Waals surface area contributed by atoms with E-state index in [1.807, 2.05) is 109 Å². The maximum absolute atomic E-state index is 11.3. The lowest BCUT2D eigenvalue weighted by molar-refractivity contribution is -0.185. The van der Waals surface area contributed by atoms with Gasteiger partial charge in [-0.15, -0.1) is 0 Å². The van der Waals surface area contributed by atoms with Crippen molar-refractivity contribution in [3.8, 4) is 0 Å². The van der Waals surface area contributed by atoms with Gasteiger partial charge < -0.3 is 19.4 Å². The van der Waals surface area contributed by atoms with Gasteiger partial charge in [0, 0.05) is 0 Å². The topological polar surface area (TPSA) is 63.2 Å². The van der Waals surface area contributed by atoms with Crippen molar-refractivity contribution in [1.82, 2.24) is 10.4 Å². The highest BCUT2D eigenvalue weighted by molar-refractivity contribution is 5.17. The third-order valence-electron chi connectivity index (χ3n) is 6.90. The first-order valence-corrected chi connectivity index (χ1v) is 13.4. The summed E-state index contributed by atoms with van der Waals surface area (Å²) >= 11 is 0. The van der Waals surface area contributed by atoms with Crippen molar-refractivity contribution in [1.29, 1.82) is 0 Å². The van der Waals surface area contributed by atoms with Crippen LogP contribution in [0.5, 0.6) is 0 Å². The predicted octanol–water partition coefficient (Wildman–Crippen LogP) is 5.56. The summed E-state index contributed by atoms with van der Waals surface area (Å²) < 4.78 is 19.2. The van der Waals surface area contributed by atoms with Crippen LogP contribution in [0.3, 0.4) is 0 Å². The van der Waals surface area contributed by atoms with E-state index >= 15 is 0 Å². The van der Waals surface area contributed by atoms with Crippen LogP contribution in [-0.4, -0.2) is 41.3 Å². The fourth-order valence-electron chi connectivity index (χ4n) is 4.89. The Morgan fingerprint density at radius 1 is 0.564 bits per heavy atom. The molecule has 1 unspecified atom stereocenters. The third kappa shape index (κ3) is 7.83. The Kier molecular flexibility index (Phi) is 9.87. The highest BCUT2D eigenvalue weighted by Crippen LogP contribution is 2.27. The summed E-state index contributed by atoms with van der Waals surface area (Å²) in [6, 6.07) is 40.0. The van der Waals surface area contributed by atoms with Crippen molar-refractivity contribution in [2.45, 2.75) is 50.8 Å². The molecule has 1 saturated heterocycles. The van der Waals surface area contributed by atoms with E-state index in [9.17, 15) is 5.21 Å². The van der Waals surface area contributed by atoms with Crippen LogP contribution in [0.25, 0.3) is 0 Å². The van der Waals surface area contributed by atoms with Gasteiger partial charge in [0.05, 0.1) is 39.0 Å². The van der Waals surface area contributed by atoms with Crippen molar-refractivity contribution in [3.05, 3.63) is 144 Å². The van der Waals surface area contributed by atoms with Crippen LogP contribution >= 0.6 is 0 Å². The third-order valence-corrected chi connectivity index (χ3v) is 6.90. The van der Waals surface area contributed by atoms with Crippen molar-refractivity contribution < 1.29 is 19.4 Å². The van der Waals surface area contributed by atoms with Crippen LogP contribution in [-0.2, 0) is 40.6 Å². The minimum atomic E-state index is -0.486. The van der Waals surface area contributed by atoms with Crippen LogP contribution in [0.4, 0.5) is 0 Å². The van der Waals surface area contributed by atoms with Crippen LogP contribution in [0, 0.1) is 0 Å². The quantitative estimate of drug-likeness (QED) is 0.223. The van der Waals surface area contributed by atoms with Gasteiger partial charge in [-0.05, 0) is 22.3 Å². The van der Waals surface area contributed by atoms with E-state index in [-0.39, 0.29) is 12.1 Å². The maximum atomic E-state index is 11.3. The van der Waals surface area contributed by atoms with Crippen LogP contribution < -0.4 is 5.32 Å². The standard InChI is InChI=1S/C33H36N2O4/c36-35(21-26-13-5-1-6-14-26)33-32(39-24-29-19-11-4-12-20-29)31(38-23-28-17-9-3-10-18-28)30(34-33)25-37-22-27-15-7-2-8-16-27/h1-20,30-34,36H,21-25H2/t30-,31+,32+,33?/m1/s1. The lowest BCUT2D eigenvalue weighted by atomic mass is 10.1. The van der Waals surface area contributed by atoms with Crippen molar-refractivity contribution in [3.63, 3.8) is 0 Å². The maximum Gasteiger partial charge on any atom is 0.116 e. The first-order valence-electron chi connectivity index (χ1n) is 13.4. The molecule has 202 valence electrons. The molecule has 4 aromatic rings. The van der Waals surface area contributed by atoms with Gasteiger partial charge in [-0.25, -0.2) is 0 Å². The zero-order valence-corrected chi connectivity index (χ0v) is 22.0. The zero-order chi connectivity index (χ0) is 26.7. The molecule has 0 radical (unpaired) electrons. The summed E-state index contributed by atoms with van der Waals surface area (Å²) in [5.41, 5.74) is 4.26. The molecule has 4 aromatic carbocycles. The van der Waals surface area contributed by atoms with E-state index in [4.69, 9.17) is 14.2 Å². The van der Waals surface area contributed by atoms with Gasteiger partial charge >= 0.3 is 0 Å². The molecule has 0 saturated carbocycles. The number of hydrogen-bond donors (Lipinski definition) is 2. The van der Waals surface area contributed by atoms with E-state index in [0.717, 1.165) is 22.3 Å². The molecular formula is C33H36N2O4. The zero-order valence-electron chi connectivity index (χ0n) is 22.0. The van der Waals surface area contributed by atoms with E-state index in [1.54, 1.807) is 0 Å². The first-order chi connectivity index (χ1) is 19.3. The van der Waals surface area contributed by atoms with Gasteiger partial charge in [0.15, 0.2) is 0 Å². The van der Waals surface area contributed by atoms with Crippen LogP contribution in [0.2, 0.25) is 0 Å². The molecule has 1 heterocycles. The molecule has 6 heteroatoms. The van der Waals surface area contributed by atoms with Gasteiger partial charge in [-0.1, -0.05) is 121 Å². The van der Waals surface area contributed by atoms with Crippen LogP contribution in [0.15, 0.2) is 121 Å². The van der Waals surface area contributed by atoms with Crippen LogP contribution in [0.1, 0.15) is 22.3 Å². The average molecular weight is 525 g/mol. The van der Waals surface area contributed by atoms with E-state index in [0.29, 0.717) is 33.0 Å². The SMILES string of the molecule is ON(Cc1ccccc1)C1N[C@H](COCc2ccccc2)[C@H](OCc2ccccc2)[C@@H]1OCc1ccccc1. The summed E-state index contributed by atoms with van der Waals surface area (Å²) in [5, 5.41) is 16.2. The second kappa shape index (κ2) is 14.1. The average Bonchev–Trinajstić information content (AvgIpc) is 3.34. The smallest absolute Gasteiger partial charge is 0.116 e. The van der Waals surface area contributed by atoms with Gasteiger partial charge in [0.1, 0.15) is 18.4 Å². The van der Waals surface area contributed by atoms with Gasteiger partial charge in [-0.3, -0.25) is 5.32 Å². The summed E-state index contributed by atoms with van der Waals surface area (Å²) in [6.45, 7) is 2.11. The van der Waals surface area contributed by atoms with E-state index < -0.39 is 12.3 Å². The fraction of sp³-hybridized carbons (Fsp3) is 0.273. The lowest BCUT2D eigenvalue weighted by Gasteiger charge is -2.30. The molecule has 4 atom stereocenters. The molecule has 0 bridgehead atoms. The molecule has 1 aliphatic rings. The van der Waals surface area contributed by atoms with Gasteiger partial charge in [0.2, 0.25) is 0 Å². The molecule has 2 N–H and O–H groups in total. The summed E-state index contributed by atoms with van der Waals surface area (Å²) in [7, 11) is 0. The van der Waals surface area contributed by atoms with Gasteiger partial charge in [-0.2, -0.15) is 5.06 Å². The Morgan fingerprint density at radius 3 is 1.51 bits per heavy atom. The molecule has 0 spiro atoms. The summed E-state index contributed by atoms with van der Waals surface area (Å²) in [6.07, 6.45) is -1.27. The molecule has 0 aromatic heterocycles. The number of hydrogen-bond acceptors (Lipinski definition) is 6. The normalized spacial score (nSPS) is 20.9. The van der Waals surface area contributed by atoms with Crippen molar-refractivity contribution >= 4 is 0 Å². The van der Waals surface area contributed by atoms with E-state index in [2.05, 4.69) is 17.4 Å². The number of ether oxygens (including phenoxy) is 3. The Balaban J connectivity index is 1.35. The number of nitrogens with zero attached hydrogens (tertiary/aromatic N) is 1. The second-order valence-corrected chi connectivity index (χ2v) is 9.82. The lowest BCUT2D eigenvalue weighted by Crippen LogP contribution is -2.48. The molecular weight excluding hydrogens is 488 g/mol. The molecule has 1 fully saturated rings. The van der Waals surface area contributed by atoms with Crippen molar-refractivity contribution in [2.75, 3.05) is 6.61 Å². The Morgan fingerprint density at radius 2 is 1.00 bits per heavy atom. The van der Waals surface area contributed by atoms with E-state index in [1.165, 1.54) is 5.06 Å². The number of rotatable bonds is 13. The highest BCUT2D eigenvalue weighted by Gasteiger charge is 2.47. The minimum Gasteiger partial charge on any atom is -0.375 e. The molecule has 0 amide bonds. The molecule has 0 aliphatic carbocycles. The number of nitrogens with one attached hydrogen (secondary N) is 1. The Labute approximate surface area is 230 Å². The fourth-order valence-corrected chi connectivity index (χ4v) is 4.89. The second-order valence-electron chi connectivity index (χ2n) is 9.82. The van der Waals surface area contributed by atoms with Crippen molar-refractivity contribution in [2.24, 2.45) is 0 Å². The molecule has 1 aliphatic heterocycles. The highest BCUT2D eigenvalue weighted by atomic mass is 16.6. The number of benzene rings is 4. The first kappa shape index (κ1) is 27.2. The molecule has 5 rings (SSSR count). The monoisotopic (exact) mass is 524 g/mol. The van der Waals surface area contributed by atoms with Gasteiger partial charge in [0.25, 0.3) is 0 Å². The Bertz CT molecular complexity index is 1230. The largest absolute Gasteiger partial charge is 0.375 e. The molecule has 6 nitrogen and oxygen atoms in total. The predicted molar refractivity (Wildman–Crippen MR) is 151 cm³/mol. The number of hydroxylamine groups is 2. The molecule has 39 heavy (non-hydrogen) atoms. The Hall–Kier alpha value is -3.36. The summed E-state index contributed by atoms with van der Waals surface area (Å²) in [5.74, 6) is 0.